The summed E-state index contributed by atoms with van der Waals surface area (Å²) in [5, 5.41) is 7.90. The van der Waals surface area contributed by atoms with Crippen LogP contribution in [0.15, 0.2) is 35.3 Å². The van der Waals surface area contributed by atoms with Crippen LogP contribution in [0.1, 0.15) is 45.1 Å². The molecule has 9 nitrogen and oxygen atoms in total. The first-order valence-electron chi connectivity index (χ1n) is 14.6. The molecule has 42 heavy (non-hydrogen) atoms. The number of nitrogens with zero attached hydrogens (tertiary/aromatic N) is 3. The van der Waals surface area contributed by atoms with Crippen LogP contribution in [-0.2, 0) is 14.2 Å². The minimum absolute atomic E-state index is 0.0907. The van der Waals surface area contributed by atoms with Crippen LogP contribution in [0.4, 0.5) is 24.5 Å². The van der Waals surface area contributed by atoms with Gasteiger partial charge in [-0.3, -0.25) is 4.79 Å². The van der Waals surface area contributed by atoms with E-state index in [0.717, 1.165) is 31.6 Å². The van der Waals surface area contributed by atoms with Gasteiger partial charge in [0.05, 0.1) is 50.5 Å². The largest absolute Gasteiger partial charge is 0.573 e. The fourth-order valence-corrected chi connectivity index (χ4v) is 6.22. The van der Waals surface area contributed by atoms with Crippen molar-refractivity contribution in [1.82, 2.24) is 9.78 Å². The number of nitrogens with one attached hydrogen (secondary N) is 1. The molecule has 13 heteroatoms. The first-order chi connectivity index (χ1) is 20.2. The van der Waals surface area contributed by atoms with Gasteiger partial charge >= 0.3 is 6.36 Å². The van der Waals surface area contributed by atoms with Crippen LogP contribution in [0.25, 0.3) is 0 Å². The summed E-state index contributed by atoms with van der Waals surface area (Å²) in [6.07, 6.45) is 0.638. The minimum Gasteiger partial charge on any atom is -0.406 e. The molecular formula is C29H38ClF3N4O5. The van der Waals surface area contributed by atoms with E-state index in [0.29, 0.717) is 69.9 Å². The van der Waals surface area contributed by atoms with E-state index in [1.165, 1.54) is 16.8 Å². The number of aromatic nitrogens is 2. The lowest BCUT2D eigenvalue weighted by Crippen LogP contribution is -2.46. The van der Waals surface area contributed by atoms with Crippen molar-refractivity contribution in [2.75, 3.05) is 56.3 Å². The van der Waals surface area contributed by atoms with Gasteiger partial charge in [-0.1, -0.05) is 18.5 Å². The molecule has 3 atom stereocenters. The predicted molar refractivity (Wildman–Crippen MR) is 152 cm³/mol. The zero-order valence-electron chi connectivity index (χ0n) is 23.7. The van der Waals surface area contributed by atoms with Crippen molar-refractivity contribution in [1.29, 1.82) is 0 Å². The van der Waals surface area contributed by atoms with Gasteiger partial charge in [0.1, 0.15) is 10.8 Å². The fraction of sp³-hybridized carbons (Fsp3) is 0.655. The highest BCUT2D eigenvalue weighted by Crippen LogP contribution is 2.35. The van der Waals surface area contributed by atoms with Crippen LogP contribution in [0.5, 0.6) is 5.75 Å². The molecule has 232 valence electrons. The lowest BCUT2D eigenvalue weighted by Gasteiger charge is -2.40. The van der Waals surface area contributed by atoms with E-state index in [9.17, 15) is 18.0 Å². The third-order valence-electron chi connectivity index (χ3n) is 8.49. The molecule has 5 rings (SSSR count). The second-order valence-electron chi connectivity index (χ2n) is 11.3. The monoisotopic (exact) mass is 614 g/mol. The van der Waals surface area contributed by atoms with E-state index < -0.39 is 6.36 Å². The molecule has 1 saturated carbocycles. The normalized spacial score (nSPS) is 26.9. The van der Waals surface area contributed by atoms with Gasteiger partial charge in [-0.2, -0.15) is 5.10 Å². The predicted octanol–water partition coefficient (Wildman–Crippen LogP) is 5.29. The van der Waals surface area contributed by atoms with E-state index >= 15 is 0 Å². The Bertz CT molecular complexity index is 1220. The van der Waals surface area contributed by atoms with Crippen LogP contribution in [0, 0.1) is 11.8 Å². The van der Waals surface area contributed by atoms with Crippen molar-refractivity contribution in [2.24, 2.45) is 11.8 Å². The third kappa shape index (κ3) is 7.89. The van der Waals surface area contributed by atoms with Gasteiger partial charge in [0, 0.05) is 37.3 Å². The second-order valence-corrected chi connectivity index (χ2v) is 11.7. The maximum atomic E-state index is 13.2. The molecule has 3 heterocycles. The number of ether oxygens (including phenoxy) is 4. The van der Waals surface area contributed by atoms with E-state index in [4.69, 9.17) is 25.8 Å². The van der Waals surface area contributed by atoms with Crippen molar-refractivity contribution in [2.45, 2.75) is 63.6 Å². The summed E-state index contributed by atoms with van der Waals surface area (Å²) >= 11 is 6.51. The molecule has 0 bridgehead atoms. The molecule has 2 aliphatic heterocycles. The summed E-state index contributed by atoms with van der Waals surface area (Å²) in [6, 6.07) is 5.90. The van der Waals surface area contributed by atoms with E-state index in [2.05, 4.69) is 27.0 Å². The molecule has 2 saturated heterocycles. The molecule has 2 aromatic rings. The van der Waals surface area contributed by atoms with E-state index in [-0.39, 0.29) is 34.5 Å². The summed E-state index contributed by atoms with van der Waals surface area (Å²) < 4.78 is 60.6. The number of alkyl halides is 3. The van der Waals surface area contributed by atoms with Gasteiger partial charge in [-0.25, -0.2) is 4.68 Å². The van der Waals surface area contributed by atoms with Crippen LogP contribution < -0.4 is 20.5 Å². The molecule has 1 aromatic carbocycles. The zero-order chi connectivity index (χ0) is 29.7. The smallest absolute Gasteiger partial charge is 0.406 e. The average Bonchev–Trinajstić information content (AvgIpc) is 2.98. The first kappa shape index (κ1) is 30.9. The van der Waals surface area contributed by atoms with Crippen LogP contribution in [0.2, 0.25) is 5.02 Å². The quantitative estimate of drug-likeness (QED) is 0.408. The van der Waals surface area contributed by atoms with Crippen molar-refractivity contribution in [3.63, 3.8) is 0 Å². The van der Waals surface area contributed by atoms with Gasteiger partial charge in [-0.15, -0.1) is 13.2 Å². The standard InChI is InChI=1S/C29H38ClF3N4O5/c1-19-10-11-39-17-20(19)14-34-26-15-35-37(28(38)27(26)30)23-4-2-21(3-5-23)36(16-25-18-40-12-13-41-25)22-6-8-24(9-7-22)42-29(31,32)33/h6-9,15,19-21,23,25,34H,2-5,10-14,16-18H2,1H3/t19-,20-,21?,23?,25+/m1/s1. The van der Waals surface area contributed by atoms with Crippen molar-refractivity contribution in [3.8, 4) is 5.75 Å². The van der Waals surface area contributed by atoms with Crippen molar-refractivity contribution in [3.05, 3.63) is 45.8 Å². The lowest BCUT2D eigenvalue weighted by molar-refractivity contribution is -0.274. The minimum atomic E-state index is -4.75. The highest BCUT2D eigenvalue weighted by Gasteiger charge is 2.33. The lowest BCUT2D eigenvalue weighted by atomic mass is 9.89. The Morgan fingerprint density at radius 1 is 1.07 bits per heavy atom. The first-order valence-corrected chi connectivity index (χ1v) is 15.0. The highest BCUT2D eigenvalue weighted by atomic mass is 35.5. The van der Waals surface area contributed by atoms with E-state index in [1.807, 2.05) is 0 Å². The van der Waals surface area contributed by atoms with Crippen LogP contribution in [0.3, 0.4) is 0 Å². The third-order valence-corrected chi connectivity index (χ3v) is 8.86. The SMILES string of the molecule is C[C@@H]1CCOC[C@H]1CNc1cnn(C2CCC(N(C[C@H]3COCCO3)c3ccc(OC(F)(F)F)cc3)CC2)c(=O)c1Cl. The van der Waals surface area contributed by atoms with Gasteiger partial charge in [0.15, 0.2) is 0 Å². The van der Waals surface area contributed by atoms with Gasteiger partial charge < -0.3 is 29.2 Å². The maximum absolute atomic E-state index is 13.2. The maximum Gasteiger partial charge on any atom is 0.573 e. The summed E-state index contributed by atoms with van der Waals surface area (Å²) in [5.74, 6) is 0.597. The van der Waals surface area contributed by atoms with Crippen LogP contribution in [-0.4, -0.2) is 74.4 Å². The zero-order valence-corrected chi connectivity index (χ0v) is 24.4. The number of anilines is 2. The summed E-state index contributed by atoms with van der Waals surface area (Å²) in [5.41, 5.74) is 0.986. The number of benzene rings is 1. The number of halogens is 4. The van der Waals surface area contributed by atoms with Gasteiger partial charge in [0.25, 0.3) is 5.56 Å². The molecule has 1 N–H and O–H groups in total. The Kier molecular flexibility index (Phi) is 10.2. The number of rotatable bonds is 9. The Labute approximate surface area is 248 Å². The second kappa shape index (κ2) is 13.8. The molecule has 0 spiro atoms. The molecule has 0 amide bonds. The average molecular weight is 615 g/mol. The molecule has 1 aliphatic carbocycles. The van der Waals surface area contributed by atoms with Crippen molar-refractivity contribution < 1.29 is 32.1 Å². The van der Waals surface area contributed by atoms with Gasteiger partial charge in [-0.05, 0) is 62.3 Å². The topological polar surface area (TPSA) is 87.1 Å². The molecule has 1 aromatic heterocycles. The Hall–Kier alpha value is -2.54. The summed E-state index contributed by atoms with van der Waals surface area (Å²) in [6.45, 7) is 6.35. The molecule has 3 aliphatic rings. The highest BCUT2D eigenvalue weighted by molar-refractivity contribution is 6.32. The number of hydrogen-bond donors (Lipinski definition) is 1. The molecule has 0 unspecified atom stereocenters. The Balaban J connectivity index is 1.24. The van der Waals surface area contributed by atoms with Crippen molar-refractivity contribution >= 4 is 23.0 Å². The molecule has 3 fully saturated rings. The summed E-state index contributed by atoms with van der Waals surface area (Å²) in [4.78, 5) is 15.4. The van der Waals surface area contributed by atoms with Gasteiger partial charge in [0.2, 0.25) is 0 Å². The van der Waals surface area contributed by atoms with Crippen LogP contribution >= 0.6 is 11.6 Å². The fourth-order valence-electron chi connectivity index (χ4n) is 6.01. The Morgan fingerprint density at radius 2 is 1.81 bits per heavy atom. The summed E-state index contributed by atoms with van der Waals surface area (Å²) in [7, 11) is 0. The van der Waals surface area contributed by atoms with E-state index in [1.54, 1.807) is 18.3 Å². The molecule has 0 radical (unpaired) electrons. The Morgan fingerprint density at radius 3 is 2.48 bits per heavy atom. The number of hydrogen-bond acceptors (Lipinski definition) is 8. The molecular weight excluding hydrogens is 577 g/mol.